The molecule has 2 aliphatic heterocycles. The van der Waals surface area contributed by atoms with Crippen LogP contribution >= 0.6 is 0 Å². The Labute approximate surface area is 179 Å². The Bertz CT molecular complexity index is 1020. The van der Waals surface area contributed by atoms with E-state index in [4.69, 9.17) is 0 Å². The van der Waals surface area contributed by atoms with Crippen LogP contribution in [0.5, 0.6) is 0 Å². The third kappa shape index (κ3) is 3.77. The molecule has 0 bridgehead atoms. The zero-order chi connectivity index (χ0) is 20.3. The van der Waals surface area contributed by atoms with Gasteiger partial charge in [-0.15, -0.1) is 0 Å². The summed E-state index contributed by atoms with van der Waals surface area (Å²) in [6, 6.07) is 19.6. The van der Waals surface area contributed by atoms with Crippen molar-refractivity contribution in [2.24, 2.45) is 0 Å². The number of benzene rings is 2. The van der Waals surface area contributed by atoms with Crippen molar-refractivity contribution in [2.45, 2.75) is 45.1 Å². The quantitative estimate of drug-likeness (QED) is 0.556. The summed E-state index contributed by atoms with van der Waals surface area (Å²) in [6.07, 6.45) is 6.36. The lowest BCUT2D eigenvalue weighted by Crippen LogP contribution is -2.36. The summed E-state index contributed by atoms with van der Waals surface area (Å²) in [5.41, 5.74) is 5.54. The second-order valence-corrected chi connectivity index (χ2v) is 8.68. The van der Waals surface area contributed by atoms with Crippen molar-refractivity contribution in [1.82, 2.24) is 14.4 Å². The first-order valence-corrected chi connectivity index (χ1v) is 11.5. The Kier molecular flexibility index (Phi) is 5.58. The summed E-state index contributed by atoms with van der Waals surface area (Å²) in [5.74, 6) is 0.359. The fraction of sp³-hybridized carbons (Fsp3) is 0.423. The molecule has 0 aliphatic carbocycles. The van der Waals surface area contributed by atoms with E-state index in [0.717, 1.165) is 64.8 Å². The molecule has 2 aliphatic rings. The molecule has 30 heavy (non-hydrogen) atoms. The summed E-state index contributed by atoms with van der Waals surface area (Å²) in [7, 11) is 0. The molecule has 1 aromatic heterocycles. The largest absolute Gasteiger partial charge is 0.343 e. The van der Waals surface area contributed by atoms with Gasteiger partial charge in [0.1, 0.15) is 0 Å². The summed E-state index contributed by atoms with van der Waals surface area (Å²) in [6.45, 7) is 5.15. The first-order valence-electron chi connectivity index (χ1n) is 11.5. The van der Waals surface area contributed by atoms with Crippen LogP contribution in [-0.4, -0.2) is 46.5 Å². The number of carbonyl (C=O) groups is 1. The fourth-order valence-electron chi connectivity index (χ4n) is 5.16. The van der Waals surface area contributed by atoms with Crippen LogP contribution in [0.25, 0.3) is 16.6 Å². The van der Waals surface area contributed by atoms with Gasteiger partial charge in [0.25, 0.3) is 0 Å². The van der Waals surface area contributed by atoms with Crippen LogP contribution < -0.4 is 0 Å². The van der Waals surface area contributed by atoms with Crippen LogP contribution in [0, 0.1) is 0 Å². The van der Waals surface area contributed by atoms with Gasteiger partial charge in [0.2, 0.25) is 5.91 Å². The predicted molar refractivity (Wildman–Crippen MR) is 122 cm³/mol. The van der Waals surface area contributed by atoms with Crippen LogP contribution in [0.1, 0.15) is 43.4 Å². The molecule has 0 N–H and O–H groups in total. The number of aromatic nitrogens is 1. The number of hydrogen-bond acceptors (Lipinski definition) is 2. The summed E-state index contributed by atoms with van der Waals surface area (Å²) < 4.78 is 2.46. The average molecular weight is 402 g/mol. The van der Waals surface area contributed by atoms with Crippen molar-refractivity contribution in [2.75, 3.05) is 26.2 Å². The van der Waals surface area contributed by atoms with E-state index in [1.165, 1.54) is 34.3 Å². The molecule has 1 amide bonds. The van der Waals surface area contributed by atoms with Crippen molar-refractivity contribution in [3.05, 3.63) is 65.9 Å². The minimum atomic E-state index is 0.359. The number of fused-ring (bicyclic) bond motifs is 3. The lowest BCUT2D eigenvalue weighted by atomic mass is 10.0. The average Bonchev–Trinajstić information content (AvgIpc) is 3.12. The monoisotopic (exact) mass is 401 g/mol. The highest BCUT2D eigenvalue weighted by atomic mass is 16.2. The molecule has 0 atom stereocenters. The van der Waals surface area contributed by atoms with Crippen molar-refractivity contribution in [3.63, 3.8) is 0 Å². The molecule has 1 fully saturated rings. The highest BCUT2D eigenvalue weighted by Crippen LogP contribution is 2.33. The molecule has 4 heteroatoms. The fourth-order valence-corrected chi connectivity index (χ4v) is 5.16. The maximum atomic E-state index is 12.0. The third-order valence-electron chi connectivity index (χ3n) is 6.72. The van der Waals surface area contributed by atoms with Crippen LogP contribution in [0.2, 0.25) is 0 Å². The van der Waals surface area contributed by atoms with E-state index in [2.05, 4.69) is 69.0 Å². The van der Waals surface area contributed by atoms with Crippen LogP contribution in [-0.2, 0) is 17.8 Å². The minimum absolute atomic E-state index is 0.359. The van der Waals surface area contributed by atoms with Gasteiger partial charge in [0.15, 0.2) is 0 Å². The number of nitrogens with zero attached hydrogens (tertiary/aromatic N) is 3. The molecule has 156 valence electrons. The van der Waals surface area contributed by atoms with E-state index < -0.39 is 0 Å². The van der Waals surface area contributed by atoms with E-state index >= 15 is 0 Å². The van der Waals surface area contributed by atoms with Crippen molar-refractivity contribution in [3.8, 4) is 5.69 Å². The topological polar surface area (TPSA) is 28.5 Å². The molecular weight excluding hydrogens is 370 g/mol. The van der Waals surface area contributed by atoms with E-state index in [-0.39, 0.29) is 0 Å². The van der Waals surface area contributed by atoms with Gasteiger partial charge in [0.05, 0.1) is 5.52 Å². The van der Waals surface area contributed by atoms with Gasteiger partial charge in [-0.05, 0) is 56.0 Å². The third-order valence-corrected chi connectivity index (χ3v) is 6.72. The number of carbonyl (C=O) groups excluding carboxylic acids is 1. The summed E-state index contributed by atoms with van der Waals surface area (Å²) in [4.78, 5) is 16.7. The standard InChI is InChI=1S/C26H31N3O/c30-26-14-6-7-17-28(26)18-9-8-16-27-19-15-25-23(20-27)22-12-4-5-13-24(22)29(25)21-10-2-1-3-11-21/h1-5,10-13H,6-9,14-20H2. The highest BCUT2D eigenvalue weighted by Gasteiger charge is 2.24. The number of hydrogen-bond donors (Lipinski definition) is 0. The van der Waals surface area contributed by atoms with Crippen LogP contribution in [0.4, 0.5) is 0 Å². The second-order valence-electron chi connectivity index (χ2n) is 8.68. The molecule has 0 unspecified atom stereocenters. The van der Waals surface area contributed by atoms with Crippen molar-refractivity contribution >= 4 is 16.8 Å². The first kappa shape index (κ1) is 19.4. The second kappa shape index (κ2) is 8.65. The summed E-state index contributed by atoms with van der Waals surface area (Å²) in [5, 5.41) is 1.39. The van der Waals surface area contributed by atoms with Gasteiger partial charge >= 0.3 is 0 Å². The normalized spacial score (nSPS) is 17.5. The Morgan fingerprint density at radius 2 is 1.60 bits per heavy atom. The van der Waals surface area contributed by atoms with Gasteiger partial charge < -0.3 is 9.47 Å². The smallest absolute Gasteiger partial charge is 0.222 e. The number of amides is 1. The zero-order valence-corrected chi connectivity index (χ0v) is 17.7. The van der Waals surface area contributed by atoms with Gasteiger partial charge in [-0.3, -0.25) is 9.69 Å². The molecular formula is C26H31N3O. The molecule has 0 radical (unpaired) electrons. The van der Waals surface area contributed by atoms with Gasteiger partial charge in [-0.25, -0.2) is 0 Å². The summed E-state index contributed by atoms with van der Waals surface area (Å²) >= 11 is 0. The molecule has 3 aromatic rings. The number of piperidine rings is 1. The highest BCUT2D eigenvalue weighted by molar-refractivity contribution is 5.87. The Morgan fingerprint density at radius 3 is 2.47 bits per heavy atom. The maximum Gasteiger partial charge on any atom is 0.222 e. The van der Waals surface area contributed by atoms with Crippen LogP contribution in [0.15, 0.2) is 54.6 Å². The van der Waals surface area contributed by atoms with Gasteiger partial charge in [-0.1, -0.05) is 36.4 Å². The van der Waals surface area contributed by atoms with Crippen molar-refractivity contribution in [1.29, 1.82) is 0 Å². The van der Waals surface area contributed by atoms with E-state index in [1.54, 1.807) is 0 Å². The first-order chi connectivity index (χ1) is 14.8. The molecule has 1 saturated heterocycles. The van der Waals surface area contributed by atoms with Crippen LogP contribution in [0.3, 0.4) is 0 Å². The van der Waals surface area contributed by atoms with Gasteiger partial charge in [0, 0.05) is 55.8 Å². The minimum Gasteiger partial charge on any atom is -0.343 e. The molecule has 4 nitrogen and oxygen atoms in total. The molecule has 5 rings (SSSR count). The number of rotatable bonds is 6. The Morgan fingerprint density at radius 1 is 0.800 bits per heavy atom. The zero-order valence-electron chi connectivity index (χ0n) is 17.7. The van der Waals surface area contributed by atoms with E-state index in [1.807, 2.05) is 0 Å². The number of likely N-dealkylation sites (tertiary alicyclic amines) is 1. The van der Waals surface area contributed by atoms with Gasteiger partial charge in [-0.2, -0.15) is 0 Å². The number of unbranched alkanes of at least 4 members (excludes halogenated alkanes) is 1. The van der Waals surface area contributed by atoms with E-state index in [9.17, 15) is 4.79 Å². The Hall–Kier alpha value is -2.59. The lowest BCUT2D eigenvalue weighted by Gasteiger charge is -2.29. The molecule has 0 saturated carbocycles. The van der Waals surface area contributed by atoms with E-state index in [0.29, 0.717) is 5.91 Å². The Balaban J connectivity index is 1.28. The molecule has 3 heterocycles. The van der Waals surface area contributed by atoms with Crippen molar-refractivity contribution < 1.29 is 4.79 Å². The molecule has 0 spiro atoms. The predicted octanol–water partition coefficient (Wildman–Crippen LogP) is 4.78. The maximum absolute atomic E-state index is 12.0. The lowest BCUT2D eigenvalue weighted by molar-refractivity contribution is -0.133. The SMILES string of the molecule is O=C1CCCCN1CCCCN1CCc2c(c3ccccc3n2-c2ccccc2)C1. The molecule has 2 aromatic carbocycles. The number of para-hydroxylation sites is 2.